The van der Waals surface area contributed by atoms with Crippen molar-refractivity contribution < 1.29 is 9.53 Å². The van der Waals surface area contributed by atoms with Crippen LogP contribution in [-0.4, -0.2) is 38.9 Å². The number of imidazole rings is 1. The fourth-order valence-electron chi connectivity index (χ4n) is 2.74. The second-order valence-corrected chi connectivity index (χ2v) is 6.10. The van der Waals surface area contributed by atoms with Gasteiger partial charge in [-0.15, -0.1) is 0 Å². The highest BCUT2D eigenvalue weighted by atomic mass is 16.5. The van der Waals surface area contributed by atoms with Crippen LogP contribution in [0, 0.1) is 13.8 Å². The molecule has 2 heterocycles. The van der Waals surface area contributed by atoms with Crippen molar-refractivity contribution in [3.63, 3.8) is 0 Å². The minimum absolute atomic E-state index is 0.183. The standard InChI is InChI=1S/C19H23N5O2/c1-14-5-6-18(26-3)17(13-14)24-11-7-16(22-24)19(25)21-8-4-10-23-12-9-20-15(23)2/h5-7,9,11-13H,4,8,10H2,1-3H3,(H,21,25). The van der Waals surface area contributed by atoms with E-state index in [-0.39, 0.29) is 5.91 Å². The number of ether oxygens (including phenoxy) is 1. The van der Waals surface area contributed by atoms with E-state index in [2.05, 4.69) is 20.0 Å². The Morgan fingerprint density at radius 2 is 2.08 bits per heavy atom. The van der Waals surface area contributed by atoms with Gasteiger partial charge < -0.3 is 14.6 Å². The van der Waals surface area contributed by atoms with Crippen LogP contribution in [0.5, 0.6) is 5.75 Å². The Balaban J connectivity index is 1.60. The summed E-state index contributed by atoms with van der Waals surface area (Å²) in [6.45, 7) is 5.37. The summed E-state index contributed by atoms with van der Waals surface area (Å²) < 4.78 is 9.10. The molecule has 7 heteroatoms. The van der Waals surface area contributed by atoms with Crippen LogP contribution in [0.2, 0.25) is 0 Å². The fourth-order valence-corrected chi connectivity index (χ4v) is 2.74. The molecule has 0 aliphatic carbocycles. The first-order chi connectivity index (χ1) is 12.6. The Bertz CT molecular complexity index is 897. The average Bonchev–Trinajstić information content (AvgIpc) is 3.28. The molecule has 1 amide bonds. The van der Waals surface area contributed by atoms with Crippen LogP contribution in [0.4, 0.5) is 0 Å². The first-order valence-electron chi connectivity index (χ1n) is 8.55. The van der Waals surface area contributed by atoms with Gasteiger partial charge in [0.25, 0.3) is 5.91 Å². The van der Waals surface area contributed by atoms with Crippen molar-refractivity contribution in [2.45, 2.75) is 26.8 Å². The molecule has 26 heavy (non-hydrogen) atoms. The lowest BCUT2D eigenvalue weighted by atomic mass is 10.2. The van der Waals surface area contributed by atoms with Crippen molar-refractivity contribution in [1.29, 1.82) is 0 Å². The topological polar surface area (TPSA) is 74.0 Å². The smallest absolute Gasteiger partial charge is 0.271 e. The minimum atomic E-state index is -0.183. The summed E-state index contributed by atoms with van der Waals surface area (Å²) in [5, 5.41) is 7.29. The van der Waals surface area contributed by atoms with E-state index in [1.807, 2.05) is 38.2 Å². The Kier molecular flexibility index (Phi) is 5.36. The van der Waals surface area contributed by atoms with Crippen molar-refractivity contribution in [1.82, 2.24) is 24.6 Å². The number of methoxy groups -OCH3 is 1. The third kappa shape index (κ3) is 3.93. The average molecular weight is 353 g/mol. The number of rotatable bonds is 7. The zero-order valence-electron chi connectivity index (χ0n) is 15.3. The van der Waals surface area contributed by atoms with Crippen molar-refractivity contribution in [3.05, 3.63) is 59.9 Å². The lowest BCUT2D eigenvalue weighted by molar-refractivity contribution is 0.0947. The lowest BCUT2D eigenvalue weighted by Gasteiger charge is -2.09. The van der Waals surface area contributed by atoms with Gasteiger partial charge in [-0.05, 0) is 44.0 Å². The lowest BCUT2D eigenvalue weighted by Crippen LogP contribution is -2.25. The number of nitrogens with zero attached hydrogens (tertiary/aromatic N) is 4. The van der Waals surface area contributed by atoms with E-state index in [0.717, 1.165) is 30.0 Å². The van der Waals surface area contributed by atoms with Gasteiger partial charge in [0.15, 0.2) is 5.69 Å². The highest BCUT2D eigenvalue weighted by Crippen LogP contribution is 2.23. The van der Waals surface area contributed by atoms with Crippen LogP contribution in [-0.2, 0) is 6.54 Å². The first-order valence-corrected chi connectivity index (χ1v) is 8.55. The molecule has 0 fully saturated rings. The van der Waals surface area contributed by atoms with E-state index in [1.54, 1.807) is 30.3 Å². The molecule has 2 aromatic heterocycles. The number of nitrogens with one attached hydrogen (secondary N) is 1. The molecule has 0 atom stereocenters. The SMILES string of the molecule is COc1ccc(C)cc1-n1ccc(C(=O)NCCCn2ccnc2C)n1. The van der Waals surface area contributed by atoms with Gasteiger partial charge in [-0.1, -0.05) is 6.07 Å². The second-order valence-electron chi connectivity index (χ2n) is 6.10. The predicted molar refractivity (Wildman–Crippen MR) is 98.8 cm³/mol. The van der Waals surface area contributed by atoms with Crippen LogP contribution in [0.15, 0.2) is 42.9 Å². The number of carbonyl (C=O) groups is 1. The fraction of sp³-hybridized carbons (Fsp3) is 0.316. The Morgan fingerprint density at radius 3 is 2.81 bits per heavy atom. The molecule has 0 aliphatic rings. The number of hydrogen-bond acceptors (Lipinski definition) is 4. The molecule has 0 saturated heterocycles. The summed E-state index contributed by atoms with van der Waals surface area (Å²) in [5.41, 5.74) is 2.28. The molecule has 3 aromatic rings. The van der Waals surface area contributed by atoms with E-state index < -0.39 is 0 Å². The molecule has 0 spiro atoms. The highest BCUT2D eigenvalue weighted by Gasteiger charge is 2.12. The number of hydrogen-bond donors (Lipinski definition) is 1. The normalized spacial score (nSPS) is 10.7. The van der Waals surface area contributed by atoms with Crippen molar-refractivity contribution in [2.75, 3.05) is 13.7 Å². The summed E-state index contributed by atoms with van der Waals surface area (Å²) in [5.74, 6) is 1.50. The van der Waals surface area contributed by atoms with Crippen LogP contribution in [0.1, 0.15) is 28.3 Å². The van der Waals surface area contributed by atoms with Crippen molar-refractivity contribution >= 4 is 5.91 Å². The van der Waals surface area contributed by atoms with Crippen LogP contribution in [0.3, 0.4) is 0 Å². The minimum Gasteiger partial charge on any atom is -0.494 e. The van der Waals surface area contributed by atoms with Gasteiger partial charge in [0, 0.05) is 31.7 Å². The van der Waals surface area contributed by atoms with Crippen LogP contribution in [0.25, 0.3) is 5.69 Å². The quantitative estimate of drug-likeness (QED) is 0.663. The van der Waals surface area contributed by atoms with Gasteiger partial charge in [-0.2, -0.15) is 5.10 Å². The summed E-state index contributed by atoms with van der Waals surface area (Å²) in [6, 6.07) is 7.55. The van der Waals surface area contributed by atoms with Crippen molar-refractivity contribution in [2.24, 2.45) is 0 Å². The van der Waals surface area contributed by atoms with E-state index in [9.17, 15) is 4.79 Å². The first kappa shape index (κ1) is 17.7. The maximum absolute atomic E-state index is 12.3. The van der Waals surface area contributed by atoms with E-state index in [4.69, 9.17) is 4.74 Å². The van der Waals surface area contributed by atoms with Gasteiger partial charge >= 0.3 is 0 Å². The molecule has 0 radical (unpaired) electrons. The van der Waals surface area contributed by atoms with Crippen LogP contribution < -0.4 is 10.1 Å². The van der Waals surface area contributed by atoms with Gasteiger partial charge in [-0.3, -0.25) is 4.79 Å². The number of aromatic nitrogens is 4. The second kappa shape index (κ2) is 7.86. The zero-order valence-corrected chi connectivity index (χ0v) is 15.3. The Morgan fingerprint density at radius 1 is 1.23 bits per heavy atom. The molecule has 1 N–H and O–H groups in total. The molecule has 3 rings (SSSR count). The summed E-state index contributed by atoms with van der Waals surface area (Å²) in [4.78, 5) is 16.5. The van der Waals surface area contributed by atoms with Gasteiger partial charge in [0.2, 0.25) is 0 Å². The monoisotopic (exact) mass is 353 g/mol. The largest absolute Gasteiger partial charge is 0.494 e. The summed E-state index contributed by atoms with van der Waals surface area (Å²) in [6.07, 6.45) is 6.31. The van der Waals surface area contributed by atoms with Crippen LogP contribution >= 0.6 is 0 Å². The molecule has 0 bridgehead atoms. The molecule has 1 aromatic carbocycles. The number of carbonyl (C=O) groups excluding carboxylic acids is 1. The zero-order chi connectivity index (χ0) is 18.5. The maximum atomic E-state index is 12.3. The van der Waals surface area contributed by atoms with Gasteiger partial charge in [0.05, 0.1) is 7.11 Å². The van der Waals surface area contributed by atoms with E-state index >= 15 is 0 Å². The maximum Gasteiger partial charge on any atom is 0.271 e. The van der Waals surface area contributed by atoms with Gasteiger partial charge in [-0.25, -0.2) is 9.67 Å². The summed E-state index contributed by atoms with van der Waals surface area (Å²) in [7, 11) is 1.62. The Labute approximate surface area is 152 Å². The number of benzene rings is 1. The molecular weight excluding hydrogens is 330 g/mol. The molecule has 0 unspecified atom stereocenters. The molecule has 0 saturated carbocycles. The molecule has 0 aliphatic heterocycles. The molecular formula is C19H23N5O2. The van der Waals surface area contributed by atoms with Gasteiger partial charge in [0.1, 0.15) is 17.3 Å². The Hall–Kier alpha value is -3.09. The number of aryl methyl sites for hydroxylation is 3. The predicted octanol–water partition coefficient (Wildman–Crippen LogP) is 2.51. The highest BCUT2D eigenvalue weighted by molar-refractivity contribution is 5.92. The molecule has 136 valence electrons. The third-order valence-electron chi connectivity index (χ3n) is 4.19. The summed E-state index contributed by atoms with van der Waals surface area (Å²) >= 11 is 0. The number of amides is 1. The molecule has 7 nitrogen and oxygen atoms in total. The van der Waals surface area contributed by atoms with Crippen molar-refractivity contribution in [3.8, 4) is 11.4 Å². The van der Waals surface area contributed by atoms with E-state index in [0.29, 0.717) is 18.0 Å². The van der Waals surface area contributed by atoms with E-state index in [1.165, 1.54) is 0 Å². The third-order valence-corrected chi connectivity index (χ3v) is 4.19.